The van der Waals surface area contributed by atoms with Crippen LogP contribution in [0.25, 0.3) is 11.1 Å². The van der Waals surface area contributed by atoms with Gasteiger partial charge in [-0.1, -0.05) is 34.1 Å². The van der Waals surface area contributed by atoms with E-state index in [1.807, 2.05) is 13.0 Å². The van der Waals surface area contributed by atoms with Crippen LogP contribution >= 0.6 is 27.3 Å². The number of hydrogen-bond donors (Lipinski definition) is 1. The Morgan fingerprint density at radius 3 is 2.50 bits per heavy atom. The lowest BCUT2D eigenvalue weighted by Crippen LogP contribution is -2.30. The van der Waals surface area contributed by atoms with E-state index in [2.05, 4.69) is 21.2 Å². The van der Waals surface area contributed by atoms with Crippen LogP contribution in [0, 0.1) is 12.7 Å². The molecule has 0 aliphatic carbocycles. The molecule has 0 radical (unpaired) electrons. The number of carbonyl (C=O) groups excluding carboxylic acids is 2. The molecule has 3 rings (SSSR count). The lowest BCUT2D eigenvalue weighted by atomic mass is 10.0. The number of halogens is 2. The number of nitrogens with one attached hydrogen (secondary N) is 1. The van der Waals surface area contributed by atoms with E-state index in [1.54, 1.807) is 37.3 Å². The van der Waals surface area contributed by atoms with Gasteiger partial charge < -0.3 is 14.8 Å². The average Bonchev–Trinajstić information content (AvgIpc) is 3.03. The number of ether oxygens (including phenoxy) is 2. The van der Waals surface area contributed by atoms with E-state index in [1.165, 1.54) is 30.6 Å². The number of thiophene rings is 1. The maximum Gasteiger partial charge on any atom is 0.341 e. The third-order valence-electron chi connectivity index (χ3n) is 4.32. The van der Waals surface area contributed by atoms with Crippen LogP contribution in [-0.2, 0) is 9.53 Å². The summed E-state index contributed by atoms with van der Waals surface area (Å²) in [7, 11) is 1.27. The second-order valence-electron chi connectivity index (χ2n) is 6.44. The third-order valence-corrected chi connectivity index (χ3v) is 5.84. The SMILES string of the molecule is COC(=O)c1c(NC(=O)C(C)Oc2cccc(Br)c2)sc(C)c1-c1ccc(F)cc1. The number of aryl methyl sites for hydroxylation is 1. The van der Waals surface area contributed by atoms with Gasteiger partial charge in [-0.25, -0.2) is 9.18 Å². The number of esters is 1. The van der Waals surface area contributed by atoms with E-state index in [0.717, 1.165) is 9.35 Å². The number of carbonyl (C=O) groups is 2. The molecule has 0 saturated carbocycles. The summed E-state index contributed by atoms with van der Waals surface area (Å²) in [5, 5.41) is 3.13. The van der Waals surface area contributed by atoms with Crippen LogP contribution < -0.4 is 10.1 Å². The van der Waals surface area contributed by atoms with Gasteiger partial charge in [0.15, 0.2) is 6.10 Å². The van der Waals surface area contributed by atoms with Crippen LogP contribution in [0.15, 0.2) is 53.0 Å². The van der Waals surface area contributed by atoms with Crippen molar-refractivity contribution >= 4 is 44.1 Å². The number of amides is 1. The molecule has 0 fully saturated rings. The number of anilines is 1. The van der Waals surface area contributed by atoms with Gasteiger partial charge >= 0.3 is 5.97 Å². The van der Waals surface area contributed by atoms with E-state index >= 15 is 0 Å². The molecular formula is C22H19BrFNO4S. The number of rotatable bonds is 6. The minimum atomic E-state index is -0.804. The van der Waals surface area contributed by atoms with Crippen molar-refractivity contribution in [2.24, 2.45) is 0 Å². The first-order chi connectivity index (χ1) is 14.3. The van der Waals surface area contributed by atoms with Gasteiger partial charge in [0.25, 0.3) is 5.91 Å². The Morgan fingerprint density at radius 1 is 1.17 bits per heavy atom. The highest BCUT2D eigenvalue weighted by Crippen LogP contribution is 2.40. The molecule has 1 amide bonds. The van der Waals surface area contributed by atoms with Gasteiger partial charge in [-0.3, -0.25) is 4.79 Å². The first kappa shape index (κ1) is 22.0. The topological polar surface area (TPSA) is 64.6 Å². The Balaban J connectivity index is 1.89. The van der Waals surface area contributed by atoms with Gasteiger partial charge in [0.05, 0.1) is 7.11 Å². The standard InChI is InChI=1S/C22H19BrFNO4S/c1-12(29-17-6-4-5-15(23)11-17)20(26)25-21-19(22(27)28-3)18(13(2)30-21)14-7-9-16(24)10-8-14/h4-12H,1-3H3,(H,25,26). The molecule has 0 aliphatic heterocycles. The fourth-order valence-electron chi connectivity index (χ4n) is 2.91. The second-order valence-corrected chi connectivity index (χ2v) is 8.58. The van der Waals surface area contributed by atoms with Crippen molar-refractivity contribution in [3.05, 3.63) is 69.3 Å². The monoisotopic (exact) mass is 491 g/mol. The molecule has 3 aromatic rings. The predicted octanol–water partition coefficient (Wildman–Crippen LogP) is 5.82. The molecule has 0 bridgehead atoms. The lowest BCUT2D eigenvalue weighted by molar-refractivity contribution is -0.122. The second kappa shape index (κ2) is 9.40. The van der Waals surface area contributed by atoms with E-state index in [9.17, 15) is 14.0 Å². The fraction of sp³-hybridized carbons (Fsp3) is 0.182. The summed E-state index contributed by atoms with van der Waals surface area (Å²) in [6.45, 7) is 3.45. The van der Waals surface area contributed by atoms with Crippen molar-refractivity contribution < 1.29 is 23.5 Å². The van der Waals surface area contributed by atoms with Gasteiger partial charge in [-0.2, -0.15) is 0 Å². The van der Waals surface area contributed by atoms with Gasteiger partial charge in [0.1, 0.15) is 22.1 Å². The maximum atomic E-state index is 13.3. The van der Waals surface area contributed by atoms with Gasteiger partial charge in [-0.05, 0) is 49.7 Å². The summed E-state index contributed by atoms with van der Waals surface area (Å²) in [5.41, 5.74) is 1.49. The van der Waals surface area contributed by atoms with Crippen molar-refractivity contribution in [3.63, 3.8) is 0 Å². The molecule has 1 aromatic heterocycles. The highest BCUT2D eigenvalue weighted by atomic mass is 79.9. The molecular weight excluding hydrogens is 473 g/mol. The molecule has 2 aromatic carbocycles. The van der Waals surface area contributed by atoms with Crippen molar-refractivity contribution in [1.29, 1.82) is 0 Å². The Bertz CT molecular complexity index is 1080. The Morgan fingerprint density at radius 2 is 1.87 bits per heavy atom. The van der Waals surface area contributed by atoms with Crippen molar-refractivity contribution in [2.75, 3.05) is 12.4 Å². The molecule has 1 N–H and O–H groups in total. The Hall–Kier alpha value is -2.71. The van der Waals surface area contributed by atoms with Crippen LogP contribution in [0.1, 0.15) is 22.2 Å². The fourth-order valence-corrected chi connectivity index (χ4v) is 4.35. The summed E-state index contributed by atoms with van der Waals surface area (Å²) < 4.78 is 24.8. The number of benzene rings is 2. The van der Waals surface area contributed by atoms with E-state index in [-0.39, 0.29) is 11.4 Å². The molecule has 1 atom stereocenters. The molecule has 1 heterocycles. The zero-order valence-corrected chi connectivity index (χ0v) is 18.9. The van der Waals surface area contributed by atoms with Crippen LogP contribution in [0.4, 0.5) is 9.39 Å². The summed E-state index contributed by atoms with van der Waals surface area (Å²) in [4.78, 5) is 26.0. The zero-order valence-electron chi connectivity index (χ0n) is 16.5. The van der Waals surface area contributed by atoms with Gasteiger partial charge in [0, 0.05) is 14.9 Å². The summed E-state index contributed by atoms with van der Waals surface area (Å²) in [6.07, 6.45) is -0.804. The van der Waals surface area contributed by atoms with Crippen LogP contribution in [0.3, 0.4) is 0 Å². The van der Waals surface area contributed by atoms with E-state index < -0.39 is 18.0 Å². The average molecular weight is 492 g/mol. The molecule has 1 unspecified atom stereocenters. The molecule has 156 valence electrons. The molecule has 0 aliphatic rings. The van der Waals surface area contributed by atoms with Crippen molar-refractivity contribution in [3.8, 4) is 16.9 Å². The summed E-state index contributed by atoms with van der Waals surface area (Å²) in [6, 6.07) is 13.0. The zero-order chi connectivity index (χ0) is 21.8. The summed E-state index contributed by atoms with van der Waals surface area (Å²) >= 11 is 4.61. The van der Waals surface area contributed by atoms with Gasteiger partial charge in [-0.15, -0.1) is 11.3 Å². The van der Waals surface area contributed by atoms with Crippen LogP contribution in [-0.4, -0.2) is 25.1 Å². The molecule has 5 nitrogen and oxygen atoms in total. The normalized spacial score (nSPS) is 11.6. The quantitative estimate of drug-likeness (QED) is 0.441. The largest absolute Gasteiger partial charge is 0.481 e. The van der Waals surface area contributed by atoms with Crippen molar-refractivity contribution in [1.82, 2.24) is 0 Å². The summed E-state index contributed by atoms with van der Waals surface area (Å²) in [5.74, 6) is -0.838. The smallest absolute Gasteiger partial charge is 0.341 e. The minimum absolute atomic E-state index is 0.231. The van der Waals surface area contributed by atoms with E-state index in [4.69, 9.17) is 9.47 Å². The lowest BCUT2D eigenvalue weighted by Gasteiger charge is -2.15. The highest BCUT2D eigenvalue weighted by Gasteiger charge is 2.26. The van der Waals surface area contributed by atoms with Crippen molar-refractivity contribution in [2.45, 2.75) is 20.0 Å². The highest BCUT2D eigenvalue weighted by molar-refractivity contribution is 9.10. The number of methoxy groups -OCH3 is 1. The molecule has 0 spiro atoms. The molecule has 30 heavy (non-hydrogen) atoms. The van der Waals surface area contributed by atoms with Crippen LogP contribution in [0.2, 0.25) is 0 Å². The Labute approximate surface area is 186 Å². The first-order valence-electron chi connectivity index (χ1n) is 9.01. The Kier molecular flexibility index (Phi) is 6.89. The molecule has 8 heteroatoms. The first-order valence-corrected chi connectivity index (χ1v) is 10.6. The van der Waals surface area contributed by atoms with Crippen LogP contribution in [0.5, 0.6) is 5.75 Å². The minimum Gasteiger partial charge on any atom is -0.481 e. The molecule has 0 saturated heterocycles. The van der Waals surface area contributed by atoms with E-state index in [0.29, 0.717) is 21.9 Å². The predicted molar refractivity (Wildman–Crippen MR) is 119 cm³/mol. The maximum absolute atomic E-state index is 13.3. The third kappa shape index (κ3) is 4.88. The van der Waals surface area contributed by atoms with Gasteiger partial charge in [0.2, 0.25) is 0 Å². The number of hydrogen-bond acceptors (Lipinski definition) is 5.